The average Bonchev–Trinajstić information content (AvgIpc) is 3.67. The summed E-state index contributed by atoms with van der Waals surface area (Å²) in [4.78, 5) is 27.5. The molecule has 8 heteroatoms. The highest BCUT2D eigenvalue weighted by Gasteiger charge is 2.57. The van der Waals surface area contributed by atoms with E-state index in [9.17, 15) is 9.59 Å². The number of nitrogens with two attached hydrogens (primary N) is 1. The average molecular weight is 463 g/mol. The van der Waals surface area contributed by atoms with Gasteiger partial charge in [-0.15, -0.1) is 0 Å². The number of benzene rings is 3. The molecule has 3 aromatic carbocycles. The van der Waals surface area contributed by atoms with E-state index >= 15 is 0 Å². The summed E-state index contributed by atoms with van der Waals surface area (Å²) in [5.41, 5.74) is 5.33. The van der Waals surface area contributed by atoms with Gasteiger partial charge in [0.05, 0.1) is 32.7 Å². The van der Waals surface area contributed by atoms with Gasteiger partial charge in [-0.25, -0.2) is 0 Å². The van der Waals surface area contributed by atoms with E-state index in [1.165, 1.54) is 19.1 Å². The van der Waals surface area contributed by atoms with Crippen molar-refractivity contribution in [3.05, 3.63) is 66.7 Å². The van der Waals surface area contributed by atoms with Crippen molar-refractivity contribution in [2.24, 2.45) is 11.1 Å². The third-order valence-corrected chi connectivity index (χ3v) is 5.83. The topological polar surface area (TPSA) is 100 Å². The molecule has 3 aromatic rings. The summed E-state index contributed by atoms with van der Waals surface area (Å²) in [5, 5.41) is 0. The quantitative estimate of drug-likeness (QED) is 0.472. The van der Waals surface area contributed by atoms with Gasteiger partial charge >= 0.3 is 0 Å². The normalized spacial score (nSPS) is 13.5. The van der Waals surface area contributed by atoms with Crippen molar-refractivity contribution in [3.63, 3.8) is 0 Å². The molecule has 4 rings (SSSR count). The van der Waals surface area contributed by atoms with E-state index in [1.54, 1.807) is 67.8 Å². The van der Waals surface area contributed by atoms with E-state index in [0.717, 1.165) is 0 Å². The molecule has 0 radical (unpaired) electrons. The lowest BCUT2D eigenvalue weighted by Crippen LogP contribution is -2.41. The third kappa shape index (κ3) is 4.22. The molecule has 34 heavy (non-hydrogen) atoms. The summed E-state index contributed by atoms with van der Waals surface area (Å²) in [6.07, 6.45) is 0.785. The number of hydrogen-bond donors (Lipinski definition) is 1. The van der Waals surface area contributed by atoms with E-state index in [2.05, 4.69) is 0 Å². The first-order chi connectivity index (χ1) is 16.4. The van der Waals surface area contributed by atoms with Crippen molar-refractivity contribution in [1.29, 1.82) is 0 Å². The van der Waals surface area contributed by atoms with Crippen LogP contribution in [0.3, 0.4) is 0 Å². The van der Waals surface area contributed by atoms with E-state index in [0.29, 0.717) is 53.0 Å². The Kier molecular flexibility index (Phi) is 6.32. The highest BCUT2D eigenvalue weighted by Crippen LogP contribution is 2.51. The summed E-state index contributed by atoms with van der Waals surface area (Å²) in [6.45, 7) is 0. The van der Waals surface area contributed by atoms with Crippen molar-refractivity contribution >= 4 is 23.2 Å². The van der Waals surface area contributed by atoms with Crippen LogP contribution in [-0.2, 0) is 9.59 Å². The van der Waals surface area contributed by atoms with Crippen molar-refractivity contribution < 1.29 is 28.5 Å². The zero-order valence-corrected chi connectivity index (χ0v) is 19.2. The van der Waals surface area contributed by atoms with Crippen LogP contribution in [0.25, 0.3) is 0 Å². The molecule has 176 valence electrons. The molecule has 0 heterocycles. The Hall–Kier alpha value is -4.20. The van der Waals surface area contributed by atoms with Gasteiger partial charge in [0.15, 0.2) is 17.2 Å². The second-order valence-corrected chi connectivity index (χ2v) is 7.87. The van der Waals surface area contributed by atoms with Crippen LogP contribution in [0.5, 0.6) is 28.7 Å². The number of ether oxygens (including phenoxy) is 4. The van der Waals surface area contributed by atoms with Gasteiger partial charge in [0.2, 0.25) is 11.8 Å². The van der Waals surface area contributed by atoms with Crippen LogP contribution < -0.4 is 29.6 Å². The molecule has 0 bridgehead atoms. The first kappa shape index (κ1) is 23.0. The number of anilines is 2. The summed E-state index contributed by atoms with van der Waals surface area (Å²) in [7, 11) is 4.62. The van der Waals surface area contributed by atoms with Crippen LogP contribution >= 0.6 is 0 Å². The standard InChI is InChI=1S/C26H26N2O6/c1-31-18-7-6-8-19(16-18)34-21-10-5-4-9-20(21)28(25(30)26(13-14-26)24(27)29)17-11-12-22(32-2)23(15-17)33-3/h4-12,15-16H,13-14H2,1-3H3,(H2,27,29). The van der Waals surface area contributed by atoms with Crippen molar-refractivity contribution in [2.45, 2.75) is 12.8 Å². The van der Waals surface area contributed by atoms with Gasteiger partial charge in [0, 0.05) is 12.1 Å². The van der Waals surface area contributed by atoms with Gasteiger partial charge in [-0.3, -0.25) is 14.5 Å². The molecule has 0 spiro atoms. The van der Waals surface area contributed by atoms with E-state index in [1.807, 2.05) is 6.07 Å². The number of rotatable bonds is 9. The summed E-state index contributed by atoms with van der Waals surface area (Å²) in [6, 6.07) is 19.3. The Morgan fingerprint density at radius 3 is 2.15 bits per heavy atom. The van der Waals surface area contributed by atoms with Crippen LogP contribution in [0.2, 0.25) is 0 Å². The molecule has 2 amide bonds. The van der Waals surface area contributed by atoms with E-state index in [4.69, 9.17) is 24.7 Å². The fraction of sp³-hybridized carbons (Fsp3) is 0.231. The maximum absolute atomic E-state index is 13.8. The second-order valence-electron chi connectivity index (χ2n) is 7.87. The molecule has 0 aromatic heterocycles. The fourth-order valence-corrected chi connectivity index (χ4v) is 3.75. The minimum absolute atomic E-state index is 0.393. The zero-order valence-electron chi connectivity index (χ0n) is 19.2. The number of methoxy groups -OCH3 is 3. The Morgan fingerprint density at radius 2 is 1.50 bits per heavy atom. The molecule has 1 aliphatic rings. The first-order valence-corrected chi connectivity index (χ1v) is 10.7. The minimum Gasteiger partial charge on any atom is -0.497 e. The predicted molar refractivity (Wildman–Crippen MR) is 127 cm³/mol. The van der Waals surface area contributed by atoms with Gasteiger partial charge in [0.1, 0.15) is 16.9 Å². The van der Waals surface area contributed by atoms with Gasteiger partial charge < -0.3 is 24.7 Å². The fourth-order valence-electron chi connectivity index (χ4n) is 3.75. The predicted octanol–water partition coefficient (Wildman–Crippen LogP) is 4.43. The Morgan fingerprint density at radius 1 is 0.794 bits per heavy atom. The number of carbonyl (C=O) groups is 2. The molecular formula is C26H26N2O6. The number of hydrogen-bond acceptors (Lipinski definition) is 6. The van der Waals surface area contributed by atoms with E-state index in [-0.39, 0.29) is 0 Å². The van der Waals surface area contributed by atoms with Crippen LogP contribution in [0.4, 0.5) is 11.4 Å². The molecule has 0 unspecified atom stereocenters. The van der Waals surface area contributed by atoms with Gasteiger partial charge in [0.25, 0.3) is 0 Å². The maximum Gasteiger partial charge on any atom is 0.247 e. The van der Waals surface area contributed by atoms with Crippen LogP contribution in [0.15, 0.2) is 66.7 Å². The molecule has 2 N–H and O–H groups in total. The molecule has 0 saturated heterocycles. The lowest BCUT2D eigenvalue weighted by atomic mass is 10.0. The number of amides is 2. The smallest absolute Gasteiger partial charge is 0.247 e. The Bertz CT molecular complexity index is 1220. The SMILES string of the molecule is COc1cccc(Oc2ccccc2N(C(=O)C2(C(N)=O)CC2)c2ccc(OC)c(OC)c2)c1. The summed E-state index contributed by atoms with van der Waals surface area (Å²) in [5.74, 6) is 1.46. The monoisotopic (exact) mass is 462 g/mol. The maximum atomic E-state index is 13.8. The summed E-state index contributed by atoms with van der Waals surface area (Å²) < 4.78 is 22.2. The highest BCUT2D eigenvalue weighted by molar-refractivity contribution is 6.17. The Labute approximate surface area is 197 Å². The zero-order chi connectivity index (χ0) is 24.3. The van der Waals surface area contributed by atoms with Crippen LogP contribution in [0.1, 0.15) is 12.8 Å². The largest absolute Gasteiger partial charge is 0.497 e. The van der Waals surface area contributed by atoms with Gasteiger partial charge in [-0.1, -0.05) is 18.2 Å². The first-order valence-electron chi connectivity index (χ1n) is 10.7. The lowest BCUT2D eigenvalue weighted by Gasteiger charge is -2.28. The number of carbonyl (C=O) groups excluding carboxylic acids is 2. The highest BCUT2D eigenvalue weighted by atomic mass is 16.5. The second kappa shape index (κ2) is 9.35. The number of nitrogens with zero attached hydrogens (tertiary/aromatic N) is 1. The molecule has 0 atom stereocenters. The van der Waals surface area contributed by atoms with Gasteiger partial charge in [-0.2, -0.15) is 0 Å². The minimum atomic E-state index is -1.25. The molecule has 1 aliphatic carbocycles. The van der Waals surface area contributed by atoms with E-state index < -0.39 is 17.2 Å². The van der Waals surface area contributed by atoms with Gasteiger partial charge in [-0.05, 0) is 49.2 Å². The molecule has 1 saturated carbocycles. The summed E-state index contributed by atoms with van der Waals surface area (Å²) >= 11 is 0. The molecule has 0 aliphatic heterocycles. The van der Waals surface area contributed by atoms with Crippen molar-refractivity contribution in [1.82, 2.24) is 0 Å². The van der Waals surface area contributed by atoms with Crippen LogP contribution in [-0.4, -0.2) is 33.1 Å². The van der Waals surface area contributed by atoms with Crippen molar-refractivity contribution in [3.8, 4) is 28.7 Å². The molecular weight excluding hydrogens is 436 g/mol. The molecule has 1 fully saturated rings. The third-order valence-electron chi connectivity index (χ3n) is 5.83. The molecule has 8 nitrogen and oxygen atoms in total. The number of para-hydroxylation sites is 2. The van der Waals surface area contributed by atoms with Crippen LogP contribution in [0, 0.1) is 5.41 Å². The lowest BCUT2D eigenvalue weighted by molar-refractivity contribution is -0.133. The number of primary amides is 1. The Balaban J connectivity index is 1.83. The van der Waals surface area contributed by atoms with Crippen molar-refractivity contribution in [2.75, 3.05) is 26.2 Å².